The fourth-order valence-electron chi connectivity index (χ4n) is 5.69. The molecule has 2 N–H and O–H groups in total. The maximum atomic E-state index is 13.6. The molecule has 2 aromatic rings. The van der Waals surface area contributed by atoms with Gasteiger partial charge in [-0.3, -0.25) is 9.59 Å². The number of piperidine rings is 1. The van der Waals surface area contributed by atoms with Crippen molar-refractivity contribution in [2.75, 3.05) is 26.4 Å². The van der Waals surface area contributed by atoms with Gasteiger partial charge in [0.15, 0.2) is 0 Å². The first-order valence-electron chi connectivity index (χ1n) is 12.1. The molecule has 35 heavy (non-hydrogen) atoms. The van der Waals surface area contributed by atoms with Crippen molar-refractivity contribution >= 4 is 18.0 Å². The van der Waals surface area contributed by atoms with Gasteiger partial charge in [-0.1, -0.05) is 48.5 Å². The van der Waals surface area contributed by atoms with E-state index in [1.807, 2.05) is 31.2 Å². The molecule has 184 valence electrons. The monoisotopic (exact) mass is 478 g/mol. The molecule has 0 spiro atoms. The highest BCUT2D eigenvalue weighted by Gasteiger charge is 2.48. The average molecular weight is 479 g/mol. The molecule has 2 saturated heterocycles. The smallest absolute Gasteiger partial charge is 0.408 e. The number of hydrogen-bond donors (Lipinski definition) is 2. The van der Waals surface area contributed by atoms with Crippen LogP contribution in [0.2, 0.25) is 0 Å². The predicted molar refractivity (Wildman–Crippen MR) is 128 cm³/mol. The quantitative estimate of drug-likeness (QED) is 0.683. The number of rotatable bonds is 5. The Morgan fingerprint density at radius 3 is 2.34 bits per heavy atom. The van der Waals surface area contributed by atoms with Crippen LogP contribution in [0, 0.1) is 5.92 Å². The van der Waals surface area contributed by atoms with Crippen LogP contribution >= 0.6 is 0 Å². The van der Waals surface area contributed by atoms with E-state index in [4.69, 9.17) is 9.47 Å². The summed E-state index contributed by atoms with van der Waals surface area (Å²) in [7, 11) is 0. The van der Waals surface area contributed by atoms with Crippen molar-refractivity contribution in [3.05, 3.63) is 59.7 Å². The summed E-state index contributed by atoms with van der Waals surface area (Å²) < 4.78 is 11.2. The Morgan fingerprint density at radius 2 is 1.77 bits per heavy atom. The van der Waals surface area contributed by atoms with Crippen LogP contribution in [0.25, 0.3) is 11.1 Å². The van der Waals surface area contributed by atoms with E-state index in [0.29, 0.717) is 32.4 Å². The lowest BCUT2D eigenvalue weighted by Crippen LogP contribution is -2.63. The van der Waals surface area contributed by atoms with Crippen molar-refractivity contribution in [3.63, 3.8) is 0 Å². The van der Waals surface area contributed by atoms with E-state index >= 15 is 0 Å². The number of alkyl carbamates (subject to hydrolysis) is 1. The van der Waals surface area contributed by atoms with Gasteiger partial charge < -0.3 is 24.8 Å². The van der Waals surface area contributed by atoms with Crippen molar-refractivity contribution in [3.8, 4) is 11.1 Å². The average Bonchev–Trinajstić information content (AvgIpc) is 3.46. The predicted octanol–water partition coefficient (Wildman–Crippen LogP) is 3.40. The van der Waals surface area contributed by atoms with Crippen LogP contribution in [-0.2, 0) is 19.1 Å². The molecule has 8 heteroatoms. The third-order valence-corrected chi connectivity index (χ3v) is 7.60. The molecule has 1 aliphatic carbocycles. The number of fused-ring (bicyclic) bond motifs is 3. The van der Waals surface area contributed by atoms with Gasteiger partial charge in [0.05, 0.1) is 12.5 Å². The lowest BCUT2D eigenvalue weighted by molar-refractivity contribution is -0.150. The molecule has 1 unspecified atom stereocenters. The topological polar surface area (TPSA) is 105 Å². The standard InChI is InChI=1S/C27H30N2O6/c1-17-14-18(24(30)31)10-12-29(17)25(32)27(11-13-34-16-27)28-26(33)35-15-23-21-8-4-2-6-19(21)20-7-3-5-9-22(20)23/h2-9,17-18,23H,10-16H2,1H3,(H,28,33)(H,30,31)/t17-,18-,27?/m1/s1. The summed E-state index contributed by atoms with van der Waals surface area (Å²) in [6.07, 6.45) is 0.483. The number of carboxylic acids is 1. The minimum atomic E-state index is -1.20. The molecule has 0 radical (unpaired) electrons. The van der Waals surface area contributed by atoms with Gasteiger partial charge in [-0.25, -0.2) is 4.79 Å². The van der Waals surface area contributed by atoms with Gasteiger partial charge in [0.25, 0.3) is 5.91 Å². The lowest BCUT2D eigenvalue weighted by atomic mass is 9.88. The zero-order chi connectivity index (χ0) is 24.6. The van der Waals surface area contributed by atoms with Crippen LogP contribution in [-0.4, -0.2) is 65.9 Å². The minimum absolute atomic E-state index is 0.0710. The van der Waals surface area contributed by atoms with Crippen LogP contribution in [0.1, 0.15) is 43.2 Å². The number of amides is 2. The summed E-state index contributed by atoms with van der Waals surface area (Å²) in [6, 6.07) is 16.0. The molecule has 0 saturated carbocycles. The molecule has 3 atom stereocenters. The second-order valence-corrected chi connectivity index (χ2v) is 9.74. The maximum absolute atomic E-state index is 13.6. The van der Waals surface area contributed by atoms with E-state index in [9.17, 15) is 19.5 Å². The van der Waals surface area contributed by atoms with E-state index in [0.717, 1.165) is 22.3 Å². The first-order valence-corrected chi connectivity index (χ1v) is 12.1. The second-order valence-electron chi connectivity index (χ2n) is 9.74. The number of carbonyl (C=O) groups is 3. The molecule has 8 nitrogen and oxygen atoms in total. The number of nitrogens with zero attached hydrogens (tertiary/aromatic N) is 1. The van der Waals surface area contributed by atoms with E-state index in [2.05, 4.69) is 29.6 Å². The molecule has 0 aromatic heterocycles. The van der Waals surface area contributed by atoms with Crippen LogP contribution in [0.3, 0.4) is 0 Å². The van der Waals surface area contributed by atoms with Gasteiger partial charge in [-0.15, -0.1) is 0 Å². The Kier molecular flexibility index (Phi) is 6.23. The van der Waals surface area contributed by atoms with Crippen molar-refractivity contribution in [2.45, 2.75) is 43.7 Å². The van der Waals surface area contributed by atoms with E-state index in [1.54, 1.807) is 4.90 Å². The van der Waals surface area contributed by atoms with Crippen molar-refractivity contribution in [1.29, 1.82) is 0 Å². The first-order chi connectivity index (χ1) is 16.9. The number of ether oxygens (including phenoxy) is 2. The van der Waals surface area contributed by atoms with Crippen molar-refractivity contribution in [1.82, 2.24) is 10.2 Å². The van der Waals surface area contributed by atoms with Crippen LogP contribution in [0.15, 0.2) is 48.5 Å². The number of nitrogens with one attached hydrogen (secondary N) is 1. The summed E-state index contributed by atoms with van der Waals surface area (Å²) in [4.78, 5) is 39.6. The molecule has 2 heterocycles. The van der Waals surface area contributed by atoms with Gasteiger partial charge >= 0.3 is 12.1 Å². The van der Waals surface area contributed by atoms with Crippen LogP contribution < -0.4 is 5.32 Å². The number of carbonyl (C=O) groups excluding carboxylic acids is 2. The summed E-state index contributed by atoms with van der Waals surface area (Å²) in [5, 5.41) is 12.2. The number of aliphatic carboxylic acids is 1. The molecule has 3 aliphatic rings. The van der Waals surface area contributed by atoms with E-state index in [-0.39, 0.29) is 31.1 Å². The number of likely N-dealkylation sites (tertiary alicyclic amines) is 1. The summed E-state index contributed by atoms with van der Waals surface area (Å²) in [5.74, 6) is -1.60. The summed E-state index contributed by atoms with van der Waals surface area (Å²) in [5.41, 5.74) is 3.32. The number of carboxylic acid groups (broad SMARTS) is 1. The zero-order valence-corrected chi connectivity index (χ0v) is 19.7. The van der Waals surface area contributed by atoms with Gasteiger partial charge in [0, 0.05) is 31.5 Å². The molecule has 2 amide bonds. The first kappa shape index (κ1) is 23.4. The highest BCUT2D eigenvalue weighted by molar-refractivity contribution is 5.91. The van der Waals surface area contributed by atoms with Crippen molar-refractivity contribution in [2.24, 2.45) is 5.92 Å². The molecular weight excluding hydrogens is 448 g/mol. The zero-order valence-electron chi connectivity index (χ0n) is 19.7. The lowest BCUT2D eigenvalue weighted by Gasteiger charge is -2.41. The maximum Gasteiger partial charge on any atom is 0.408 e. The Bertz CT molecular complexity index is 1100. The fraction of sp³-hybridized carbons (Fsp3) is 0.444. The normalized spacial score (nSPS) is 25.6. The third kappa shape index (κ3) is 4.27. The summed E-state index contributed by atoms with van der Waals surface area (Å²) in [6.45, 7) is 2.78. The molecule has 2 fully saturated rings. The second kappa shape index (κ2) is 9.34. The molecule has 2 aliphatic heterocycles. The van der Waals surface area contributed by atoms with Crippen LogP contribution in [0.4, 0.5) is 4.79 Å². The minimum Gasteiger partial charge on any atom is -0.481 e. The Morgan fingerprint density at radius 1 is 1.11 bits per heavy atom. The highest BCUT2D eigenvalue weighted by atomic mass is 16.6. The molecular formula is C27H30N2O6. The van der Waals surface area contributed by atoms with Gasteiger partial charge in [0.1, 0.15) is 12.1 Å². The summed E-state index contributed by atoms with van der Waals surface area (Å²) >= 11 is 0. The molecule has 5 rings (SSSR count). The van der Waals surface area contributed by atoms with Gasteiger partial charge in [0.2, 0.25) is 0 Å². The third-order valence-electron chi connectivity index (χ3n) is 7.60. The van der Waals surface area contributed by atoms with E-state index in [1.165, 1.54) is 0 Å². The molecule has 2 aromatic carbocycles. The Hall–Kier alpha value is -3.39. The highest BCUT2D eigenvalue weighted by Crippen LogP contribution is 2.44. The van der Waals surface area contributed by atoms with E-state index < -0.39 is 23.5 Å². The fourth-order valence-corrected chi connectivity index (χ4v) is 5.69. The number of benzene rings is 2. The largest absolute Gasteiger partial charge is 0.481 e. The van der Waals surface area contributed by atoms with Gasteiger partial charge in [-0.05, 0) is 42.0 Å². The number of hydrogen-bond acceptors (Lipinski definition) is 5. The SMILES string of the molecule is C[C@@H]1C[C@H](C(=O)O)CCN1C(=O)C1(NC(=O)OCC2c3ccccc3-c3ccccc32)CCOC1. The molecule has 0 bridgehead atoms. The van der Waals surface area contributed by atoms with Crippen LogP contribution in [0.5, 0.6) is 0 Å². The Labute approximate surface area is 204 Å². The Balaban J connectivity index is 1.27. The van der Waals surface area contributed by atoms with Gasteiger partial charge in [-0.2, -0.15) is 0 Å². The van der Waals surface area contributed by atoms with Crippen molar-refractivity contribution < 1.29 is 29.0 Å².